The summed E-state index contributed by atoms with van der Waals surface area (Å²) in [5.74, 6) is -0.759. The van der Waals surface area contributed by atoms with Gasteiger partial charge in [-0.25, -0.2) is 0 Å². The van der Waals surface area contributed by atoms with Gasteiger partial charge in [-0.3, -0.25) is 19.7 Å². The maximum Gasteiger partial charge on any atom is 0.270 e. The number of non-ortho nitro benzene ring substituents is 1. The maximum absolute atomic E-state index is 12.3. The Kier molecular flexibility index (Phi) is 4.49. The van der Waals surface area contributed by atoms with Crippen LogP contribution in [0.1, 0.15) is 15.9 Å². The quantitative estimate of drug-likeness (QED) is 0.571. The van der Waals surface area contributed by atoms with Crippen molar-refractivity contribution in [2.75, 3.05) is 26.2 Å². The Morgan fingerprint density at radius 1 is 1.48 bits per heavy atom. The van der Waals surface area contributed by atoms with Gasteiger partial charge in [0.1, 0.15) is 0 Å². The first kappa shape index (κ1) is 14.9. The number of aliphatic hydroxyl groups excluding tert-OH is 1. The fraction of sp³-hybridized carbons (Fsp3) is 0.385. The Hall–Kier alpha value is -2.48. The minimum absolute atomic E-state index is 0.124. The highest BCUT2D eigenvalue weighted by molar-refractivity contribution is 5.99. The van der Waals surface area contributed by atoms with Gasteiger partial charge in [0.25, 0.3) is 11.6 Å². The summed E-state index contributed by atoms with van der Waals surface area (Å²) in [5.41, 5.74) is 0.872. The molecular weight excluding hydrogens is 278 g/mol. The van der Waals surface area contributed by atoms with Crippen LogP contribution in [0.3, 0.4) is 0 Å². The maximum atomic E-state index is 12.3. The second kappa shape index (κ2) is 6.31. The number of amides is 2. The Labute approximate surface area is 120 Å². The van der Waals surface area contributed by atoms with Crippen LogP contribution in [-0.4, -0.2) is 53.0 Å². The van der Waals surface area contributed by atoms with E-state index in [1.54, 1.807) is 6.07 Å². The van der Waals surface area contributed by atoms with E-state index in [1.807, 2.05) is 0 Å². The van der Waals surface area contributed by atoms with Crippen LogP contribution < -0.4 is 5.32 Å². The summed E-state index contributed by atoms with van der Waals surface area (Å²) in [6.07, 6.45) is 0.548. The fourth-order valence-corrected chi connectivity index (χ4v) is 2.20. The third-order valence-corrected chi connectivity index (χ3v) is 3.24. The van der Waals surface area contributed by atoms with Crippen molar-refractivity contribution >= 4 is 17.5 Å². The summed E-state index contributed by atoms with van der Waals surface area (Å²) >= 11 is 0. The predicted octanol–water partition coefficient (Wildman–Crippen LogP) is -0.298. The van der Waals surface area contributed by atoms with E-state index in [0.29, 0.717) is 13.0 Å². The van der Waals surface area contributed by atoms with Crippen LogP contribution in [0.15, 0.2) is 18.2 Å². The molecule has 1 aromatic carbocycles. The fourth-order valence-electron chi connectivity index (χ4n) is 2.20. The van der Waals surface area contributed by atoms with Crippen molar-refractivity contribution in [3.05, 3.63) is 39.4 Å². The summed E-state index contributed by atoms with van der Waals surface area (Å²) < 4.78 is 0. The number of benzene rings is 1. The first-order valence-corrected chi connectivity index (χ1v) is 6.47. The molecule has 0 unspecified atom stereocenters. The van der Waals surface area contributed by atoms with Crippen LogP contribution in [0.25, 0.3) is 0 Å². The van der Waals surface area contributed by atoms with E-state index in [-0.39, 0.29) is 42.8 Å². The number of hydrogen-bond donors (Lipinski definition) is 2. The summed E-state index contributed by atoms with van der Waals surface area (Å²) in [6, 6.07) is 4.19. The smallest absolute Gasteiger partial charge is 0.270 e. The molecule has 112 valence electrons. The normalized spacial score (nSPS) is 13.8. The van der Waals surface area contributed by atoms with Gasteiger partial charge in [0.15, 0.2) is 0 Å². The average molecular weight is 293 g/mol. The lowest BCUT2D eigenvalue weighted by Gasteiger charge is -2.27. The number of fused-ring (bicyclic) bond motifs is 1. The second-order valence-electron chi connectivity index (χ2n) is 4.65. The summed E-state index contributed by atoms with van der Waals surface area (Å²) in [4.78, 5) is 35.4. The molecule has 0 bridgehead atoms. The van der Waals surface area contributed by atoms with E-state index in [9.17, 15) is 19.7 Å². The molecule has 1 heterocycles. The van der Waals surface area contributed by atoms with Crippen molar-refractivity contribution in [3.8, 4) is 0 Å². The van der Waals surface area contributed by atoms with Gasteiger partial charge in [-0.2, -0.15) is 0 Å². The number of hydrogen-bond acceptors (Lipinski definition) is 5. The van der Waals surface area contributed by atoms with E-state index in [0.717, 1.165) is 5.56 Å². The molecule has 21 heavy (non-hydrogen) atoms. The molecule has 0 atom stereocenters. The minimum atomic E-state index is -0.555. The lowest BCUT2D eigenvalue weighted by atomic mass is 9.98. The highest BCUT2D eigenvalue weighted by Gasteiger charge is 2.27. The van der Waals surface area contributed by atoms with Crippen molar-refractivity contribution in [2.45, 2.75) is 6.42 Å². The predicted molar refractivity (Wildman–Crippen MR) is 72.8 cm³/mol. The largest absolute Gasteiger partial charge is 0.395 e. The molecular formula is C13H15N3O5. The molecule has 0 aromatic heterocycles. The van der Waals surface area contributed by atoms with E-state index in [4.69, 9.17) is 5.11 Å². The van der Waals surface area contributed by atoms with Crippen LogP contribution in [0.4, 0.5) is 5.69 Å². The molecule has 8 nitrogen and oxygen atoms in total. The second-order valence-corrected chi connectivity index (χ2v) is 4.65. The van der Waals surface area contributed by atoms with Crippen LogP contribution >= 0.6 is 0 Å². The Morgan fingerprint density at radius 2 is 2.24 bits per heavy atom. The number of aliphatic hydroxyl groups is 1. The number of rotatable bonds is 5. The highest BCUT2D eigenvalue weighted by atomic mass is 16.6. The molecule has 8 heteroatoms. The third kappa shape index (κ3) is 3.34. The molecule has 0 radical (unpaired) electrons. The van der Waals surface area contributed by atoms with Gasteiger partial charge in [-0.15, -0.1) is 0 Å². The SMILES string of the molecule is O=C(CN1CCc2ccc([N+](=O)[O-])cc2C1=O)NCCO. The molecule has 2 N–H and O–H groups in total. The van der Waals surface area contributed by atoms with Crippen molar-refractivity contribution in [2.24, 2.45) is 0 Å². The molecule has 1 aliphatic heterocycles. The summed E-state index contributed by atoms with van der Waals surface area (Å²) in [5, 5.41) is 21.9. The van der Waals surface area contributed by atoms with E-state index in [1.165, 1.54) is 17.0 Å². The molecule has 2 amide bonds. The lowest BCUT2D eigenvalue weighted by molar-refractivity contribution is -0.384. The van der Waals surface area contributed by atoms with Gasteiger partial charge in [0.05, 0.1) is 18.1 Å². The van der Waals surface area contributed by atoms with Crippen LogP contribution in [0.2, 0.25) is 0 Å². The van der Waals surface area contributed by atoms with Crippen LogP contribution in [0, 0.1) is 10.1 Å². The molecule has 1 aliphatic rings. The Morgan fingerprint density at radius 3 is 2.90 bits per heavy atom. The van der Waals surface area contributed by atoms with Gasteiger partial charge in [-0.1, -0.05) is 6.07 Å². The van der Waals surface area contributed by atoms with Gasteiger partial charge < -0.3 is 15.3 Å². The topological polar surface area (TPSA) is 113 Å². The van der Waals surface area contributed by atoms with Crippen molar-refractivity contribution < 1.29 is 19.6 Å². The van der Waals surface area contributed by atoms with E-state index >= 15 is 0 Å². The van der Waals surface area contributed by atoms with E-state index in [2.05, 4.69) is 5.32 Å². The summed E-state index contributed by atoms with van der Waals surface area (Å²) in [6.45, 7) is 0.217. The zero-order chi connectivity index (χ0) is 15.4. The number of carbonyl (C=O) groups excluding carboxylic acids is 2. The molecule has 0 aliphatic carbocycles. The van der Waals surface area contributed by atoms with Gasteiger partial charge in [-0.05, 0) is 12.0 Å². The minimum Gasteiger partial charge on any atom is -0.395 e. The van der Waals surface area contributed by atoms with Gasteiger partial charge >= 0.3 is 0 Å². The first-order valence-electron chi connectivity index (χ1n) is 6.47. The molecule has 1 aromatic rings. The Bertz CT molecular complexity index is 587. The van der Waals surface area contributed by atoms with E-state index < -0.39 is 4.92 Å². The Balaban J connectivity index is 2.13. The zero-order valence-corrected chi connectivity index (χ0v) is 11.2. The van der Waals surface area contributed by atoms with Gasteiger partial charge in [0.2, 0.25) is 5.91 Å². The molecule has 0 fully saturated rings. The highest BCUT2D eigenvalue weighted by Crippen LogP contribution is 2.23. The number of nitrogens with one attached hydrogen (secondary N) is 1. The van der Waals surface area contributed by atoms with Crippen molar-refractivity contribution in [1.29, 1.82) is 0 Å². The van der Waals surface area contributed by atoms with Crippen molar-refractivity contribution in [1.82, 2.24) is 10.2 Å². The van der Waals surface area contributed by atoms with Crippen molar-refractivity contribution in [3.63, 3.8) is 0 Å². The number of nitrogens with zero attached hydrogens (tertiary/aromatic N) is 2. The first-order chi connectivity index (χ1) is 10.0. The molecule has 0 saturated carbocycles. The number of carbonyl (C=O) groups is 2. The number of nitro groups is 1. The third-order valence-electron chi connectivity index (χ3n) is 3.24. The monoisotopic (exact) mass is 293 g/mol. The molecule has 0 saturated heterocycles. The standard InChI is InChI=1S/C13H15N3O5/c17-6-4-14-12(18)8-15-5-3-9-1-2-10(16(20)21)7-11(9)13(15)19/h1-2,7,17H,3-6,8H2,(H,14,18). The number of nitro benzene ring substituents is 1. The van der Waals surface area contributed by atoms with Gasteiger partial charge in [0, 0.05) is 30.8 Å². The van der Waals surface area contributed by atoms with Crippen LogP contribution in [0.5, 0.6) is 0 Å². The lowest BCUT2D eigenvalue weighted by Crippen LogP contribution is -2.44. The van der Waals surface area contributed by atoms with Crippen LogP contribution in [-0.2, 0) is 11.2 Å². The summed E-state index contributed by atoms with van der Waals surface area (Å²) in [7, 11) is 0. The molecule has 2 rings (SSSR count). The zero-order valence-electron chi connectivity index (χ0n) is 11.2. The molecule has 0 spiro atoms. The average Bonchev–Trinajstić information content (AvgIpc) is 2.47.